The van der Waals surface area contributed by atoms with E-state index < -0.39 is 29.7 Å². The van der Waals surface area contributed by atoms with Gasteiger partial charge in [-0.25, -0.2) is 15.0 Å². The van der Waals surface area contributed by atoms with E-state index in [1.807, 2.05) is 41.6 Å². The fourth-order valence-corrected chi connectivity index (χ4v) is 9.96. The molecule has 3 aromatic carbocycles. The fourth-order valence-electron chi connectivity index (χ4n) is 9.96. The molecule has 18 nitrogen and oxygen atoms in total. The molecule has 3 saturated heterocycles. The lowest BCUT2D eigenvalue weighted by atomic mass is 9.86. The summed E-state index contributed by atoms with van der Waals surface area (Å²) in [6.07, 6.45) is 7.34. The number of nitrogens with one attached hydrogen (secondary N) is 4. The molecule has 1 aliphatic carbocycles. The summed E-state index contributed by atoms with van der Waals surface area (Å²) < 4.78 is 2.09. The molecule has 0 spiro atoms. The van der Waals surface area contributed by atoms with E-state index in [2.05, 4.69) is 74.9 Å². The molecule has 18 heteroatoms. The summed E-state index contributed by atoms with van der Waals surface area (Å²) in [5.74, 6) is -1.20. The van der Waals surface area contributed by atoms with Crippen LogP contribution in [0.5, 0.6) is 0 Å². The first kappa shape index (κ1) is 42.7. The molecule has 66 heavy (non-hydrogen) atoms. The van der Waals surface area contributed by atoms with E-state index in [1.54, 1.807) is 18.5 Å². The number of amides is 6. The molecule has 1 atom stereocenters. The second-order valence-corrected chi connectivity index (χ2v) is 17.9. The maximum absolute atomic E-state index is 13.5. The molecular formula is C48H52N12O6. The van der Waals surface area contributed by atoms with Crippen molar-refractivity contribution in [3.05, 3.63) is 102 Å². The third-order valence-corrected chi connectivity index (χ3v) is 13.7. The van der Waals surface area contributed by atoms with Gasteiger partial charge in [-0.05, 0) is 80.0 Å². The molecule has 2 aromatic heterocycles. The summed E-state index contributed by atoms with van der Waals surface area (Å²) in [7, 11) is 0. The molecule has 1 saturated carbocycles. The number of aromatic nitrogens is 4. The molecule has 340 valence electrons. The average Bonchev–Trinajstić information content (AvgIpc) is 3.86. The van der Waals surface area contributed by atoms with Gasteiger partial charge in [-0.3, -0.25) is 43.9 Å². The standard InChI is InChI=1S/C48H52N12O6/c61-39-14-13-38(46(64)55-39)60-47(65)36-7-4-8-37(42(36)48(60)66)49-26-41(63)58-17-15-31(16-18-58)27-56-19-21-57(22-20-56)34-11-9-32(10-12-34)54-44-43-45(51-28-50-44)59(29-52-43)35-24-33(25-35)53-40(62)23-30-5-2-1-3-6-30/h1-12,28-29,31,33,35,38,49H,13-27H2,(H,53,62)(H,50,51,54)(H,55,61,64)/t33?,35?,38-/m0/s1. The molecule has 4 aliphatic heterocycles. The van der Waals surface area contributed by atoms with Gasteiger partial charge in [0.1, 0.15) is 12.4 Å². The van der Waals surface area contributed by atoms with Crippen LogP contribution in [0.25, 0.3) is 11.2 Å². The Balaban J connectivity index is 0.652. The number of hydrogen-bond acceptors (Lipinski definition) is 13. The first-order chi connectivity index (χ1) is 32.1. The van der Waals surface area contributed by atoms with Gasteiger partial charge in [-0.1, -0.05) is 36.4 Å². The second-order valence-electron chi connectivity index (χ2n) is 17.9. The normalized spacial score (nSPS) is 21.4. The number of piperazine rings is 1. The number of hydrogen-bond donors (Lipinski definition) is 4. The number of piperidine rings is 2. The van der Waals surface area contributed by atoms with Gasteiger partial charge in [0.05, 0.1) is 30.4 Å². The number of benzene rings is 3. The monoisotopic (exact) mass is 892 g/mol. The van der Waals surface area contributed by atoms with Crippen molar-refractivity contribution in [3.63, 3.8) is 0 Å². The largest absolute Gasteiger partial charge is 0.375 e. The van der Waals surface area contributed by atoms with Crippen LogP contribution in [-0.2, 0) is 25.6 Å². The van der Waals surface area contributed by atoms with Gasteiger partial charge in [-0.15, -0.1) is 0 Å². The van der Waals surface area contributed by atoms with Crippen LogP contribution >= 0.6 is 0 Å². The van der Waals surface area contributed by atoms with Gasteiger partial charge in [0, 0.05) is 81.4 Å². The van der Waals surface area contributed by atoms with Crippen LogP contribution in [0.3, 0.4) is 0 Å². The first-order valence-electron chi connectivity index (χ1n) is 22.9. The van der Waals surface area contributed by atoms with Gasteiger partial charge in [0.15, 0.2) is 17.0 Å². The Hall–Kier alpha value is -7.21. The summed E-state index contributed by atoms with van der Waals surface area (Å²) in [6.45, 7) is 6.01. The van der Waals surface area contributed by atoms with E-state index in [0.717, 1.165) is 85.9 Å². The number of likely N-dealkylation sites (tertiary alicyclic amines) is 1. The lowest BCUT2D eigenvalue weighted by Crippen LogP contribution is -2.54. The zero-order chi connectivity index (χ0) is 45.3. The summed E-state index contributed by atoms with van der Waals surface area (Å²) >= 11 is 0. The smallest absolute Gasteiger partial charge is 0.264 e. The number of imide groups is 2. The molecule has 5 aromatic rings. The minimum absolute atomic E-state index is 0.0307. The third kappa shape index (κ3) is 8.79. The highest BCUT2D eigenvalue weighted by molar-refractivity contribution is 6.25. The summed E-state index contributed by atoms with van der Waals surface area (Å²) in [4.78, 5) is 98.2. The van der Waals surface area contributed by atoms with Gasteiger partial charge in [0.25, 0.3) is 11.8 Å². The summed E-state index contributed by atoms with van der Waals surface area (Å²) in [5, 5.41) is 11.9. The Morgan fingerprint density at radius 1 is 0.788 bits per heavy atom. The van der Waals surface area contributed by atoms with Crippen molar-refractivity contribution in [2.24, 2.45) is 5.92 Å². The molecule has 6 heterocycles. The molecule has 10 rings (SSSR count). The molecule has 0 unspecified atom stereocenters. The number of nitrogens with zero attached hydrogens (tertiary/aromatic N) is 8. The van der Waals surface area contributed by atoms with Gasteiger partial charge in [0.2, 0.25) is 23.6 Å². The maximum Gasteiger partial charge on any atom is 0.264 e. The van der Waals surface area contributed by atoms with Crippen molar-refractivity contribution >= 4 is 69.5 Å². The molecule has 4 N–H and O–H groups in total. The zero-order valence-corrected chi connectivity index (χ0v) is 36.5. The van der Waals surface area contributed by atoms with Crippen LogP contribution in [0.15, 0.2) is 85.5 Å². The van der Waals surface area contributed by atoms with Crippen LogP contribution in [-0.4, -0.2) is 134 Å². The molecule has 0 radical (unpaired) electrons. The van der Waals surface area contributed by atoms with Crippen LogP contribution in [0.1, 0.15) is 70.8 Å². The lowest BCUT2D eigenvalue weighted by molar-refractivity contribution is -0.136. The third-order valence-electron chi connectivity index (χ3n) is 13.7. The van der Waals surface area contributed by atoms with Gasteiger partial charge >= 0.3 is 0 Å². The van der Waals surface area contributed by atoms with Crippen LogP contribution in [0, 0.1) is 5.92 Å². The van der Waals surface area contributed by atoms with Gasteiger partial charge in [-0.2, -0.15) is 0 Å². The van der Waals surface area contributed by atoms with Crippen LogP contribution < -0.4 is 26.2 Å². The summed E-state index contributed by atoms with van der Waals surface area (Å²) in [5.41, 5.74) is 5.22. The minimum Gasteiger partial charge on any atom is -0.375 e. The minimum atomic E-state index is -1.05. The highest BCUT2D eigenvalue weighted by Crippen LogP contribution is 2.36. The SMILES string of the molecule is O=C1CC[C@H](N2C(=O)c3cccc(NCC(=O)N4CCC(CN5CCN(c6ccc(Nc7ncnc8c7ncn8C7CC(NC(=O)Cc8ccccc8)C7)cc6)CC5)CC4)c3C2=O)C(=O)N1. The predicted octanol–water partition coefficient (Wildman–Crippen LogP) is 3.51. The Bertz CT molecular complexity index is 2670. The Morgan fingerprint density at radius 2 is 1.56 bits per heavy atom. The number of imidazole rings is 1. The van der Waals surface area contributed by atoms with Crippen LogP contribution in [0.4, 0.5) is 22.9 Å². The van der Waals surface area contributed by atoms with Crippen molar-refractivity contribution in [1.82, 2.24) is 44.9 Å². The molecule has 0 bridgehead atoms. The first-order valence-corrected chi connectivity index (χ1v) is 22.9. The molecule has 4 fully saturated rings. The lowest BCUT2D eigenvalue weighted by Gasteiger charge is -2.39. The summed E-state index contributed by atoms with van der Waals surface area (Å²) in [6, 6.07) is 22.3. The van der Waals surface area contributed by atoms with E-state index in [0.29, 0.717) is 42.5 Å². The molecule has 6 amide bonds. The highest BCUT2D eigenvalue weighted by Gasteiger charge is 2.46. The van der Waals surface area contributed by atoms with E-state index in [9.17, 15) is 28.8 Å². The number of rotatable bonds is 13. The number of carbonyl (C=O) groups excluding carboxylic acids is 6. The quantitative estimate of drug-likeness (QED) is 0.125. The highest BCUT2D eigenvalue weighted by atomic mass is 16.2. The van der Waals surface area contributed by atoms with E-state index in [4.69, 9.17) is 0 Å². The van der Waals surface area contributed by atoms with Crippen molar-refractivity contribution in [2.45, 2.75) is 63.1 Å². The van der Waals surface area contributed by atoms with Crippen molar-refractivity contribution in [1.29, 1.82) is 0 Å². The van der Waals surface area contributed by atoms with Gasteiger partial charge < -0.3 is 30.3 Å². The number of fused-ring (bicyclic) bond motifs is 2. The molecule has 5 aliphatic rings. The Morgan fingerprint density at radius 3 is 2.32 bits per heavy atom. The maximum atomic E-state index is 13.5. The van der Waals surface area contributed by atoms with Crippen molar-refractivity contribution in [2.75, 3.05) is 67.9 Å². The number of carbonyl (C=O) groups is 6. The number of anilines is 4. The van der Waals surface area contributed by atoms with Crippen molar-refractivity contribution in [3.8, 4) is 0 Å². The Labute approximate surface area is 381 Å². The zero-order valence-electron chi connectivity index (χ0n) is 36.5. The fraction of sp³-hybridized carbons (Fsp3) is 0.396. The van der Waals surface area contributed by atoms with Crippen molar-refractivity contribution < 1.29 is 28.8 Å². The van der Waals surface area contributed by atoms with E-state index in [1.165, 1.54) is 6.07 Å². The van der Waals surface area contributed by atoms with E-state index >= 15 is 0 Å². The average molecular weight is 893 g/mol. The molecular weight excluding hydrogens is 841 g/mol. The second kappa shape index (κ2) is 18.3. The predicted molar refractivity (Wildman–Crippen MR) is 245 cm³/mol. The van der Waals surface area contributed by atoms with Crippen LogP contribution in [0.2, 0.25) is 0 Å². The topological polar surface area (TPSA) is 207 Å². The Kier molecular flexibility index (Phi) is 11.9. The van der Waals surface area contributed by atoms with E-state index in [-0.39, 0.29) is 54.4 Å².